The normalized spacial score (nSPS) is 9.12. The van der Waals surface area contributed by atoms with Gasteiger partial charge in [0.15, 0.2) is 0 Å². The number of aromatic nitrogens is 2. The average molecular weight is 114 g/mol. The third-order valence-electron chi connectivity index (χ3n) is 0.764. The van der Waals surface area contributed by atoms with Gasteiger partial charge in [-0.25, -0.2) is 0 Å². The second-order valence-corrected chi connectivity index (χ2v) is 1.24. The summed E-state index contributed by atoms with van der Waals surface area (Å²) in [5.74, 6) is 0.00694. The number of rotatable bonds is 1. The van der Waals surface area contributed by atoms with Gasteiger partial charge in [0, 0.05) is 6.07 Å². The quantitative estimate of drug-likeness (QED) is 0.542. The lowest BCUT2D eigenvalue weighted by Crippen LogP contribution is -2.05. The zero-order chi connectivity index (χ0) is 5.98. The maximum Gasteiger partial charge on any atom is 0.247 e. The molecule has 0 amide bonds. The van der Waals surface area contributed by atoms with E-state index < -0.39 is 0 Å². The summed E-state index contributed by atoms with van der Waals surface area (Å²) < 4.78 is 0. The molecular weight excluding hydrogens is 108 g/mol. The smallest absolute Gasteiger partial charge is 0.247 e. The molecule has 0 radical (unpaired) electrons. The Morgan fingerprint density at radius 1 is 1.88 bits per heavy atom. The summed E-state index contributed by atoms with van der Waals surface area (Å²) in [6.45, 7) is 0. The first-order valence-electron chi connectivity index (χ1n) is 2.12. The Labute approximate surface area is 46.3 Å². The minimum absolute atomic E-state index is 0.00694. The Bertz CT molecular complexity index is 172. The van der Waals surface area contributed by atoms with Crippen LogP contribution in [0.3, 0.4) is 0 Å². The molecule has 0 aliphatic heterocycles. The van der Waals surface area contributed by atoms with E-state index in [1.54, 1.807) is 0 Å². The summed E-state index contributed by atoms with van der Waals surface area (Å²) in [5.41, 5.74) is 0. The van der Waals surface area contributed by atoms with Crippen LogP contribution in [0, 0.1) is 0 Å². The zero-order valence-corrected chi connectivity index (χ0v) is 4.40. The molecule has 0 atom stereocenters. The maximum absolute atomic E-state index is 8.73. The molecular formula is C4H6N2O2. The molecule has 1 N–H and O–H groups in total. The molecule has 1 aromatic rings. The number of nitrogens with zero attached hydrogens (tertiary/aromatic N) is 2. The highest BCUT2D eigenvalue weighted by Crippen LogP contribution is 2.01. The van der Waals surface area contributed by atoms with Crippen LogP contribution in [-0.2, 0) is 0 Å². The van der Waals surface area contributed by atoms with Gasteiger partial charge in [-0.05, 0) is 0 Å². The van der Waals surface area contributed by atoms with Crippen molar-refractivity contribution in [3.63, 3.8) is 0 Å². The second-order valence-electron chi connectivity index (χ2n) is 1.24. The molecule has 0 aliphatic rings. The highest BCUT2D eigenvalue weighted by molar-refractivity contribution is 5.02. The van der Waals surface area contributed by atoms with Crippen molar-refractivity contribution >= 4 is 0 Å². The summed E-state index contributed by atoms with van der Waals surface area (Å²) in [6, 6.07) is 1.43. The van der Waals surface area contributed by atoms with E-state index in [4.69, 9.17) is 5.11 Å². The third-order valence-corrected chi connectivity index (χ3v) is 0.764. The maximum atomic E-state index is 8.73. The van der Waals surface area contributed by atoms with E-state index in [0.717, 1.165) is 4.85 Å². The Balaban J connectivity index is 2.92. The lowest BCUT2D eigenvalue weighted by molar-refractivity contribution is 0.110. The van der Waals surface area contributed by atoms with Gasteiger partial charge in [0.05, 0.1) is 6.20 Å². The van der Waals surface area contributed by atoms with Crippen molar-refractivity contribution < 1.29 is 9.94 Å². The van der Waals surface area contributed by atoms with Crippen LogP contribution < -0.4 is 4.84 Å². The van der Waals surface area contributed by atoms with Gasteiger partial charge in [-0.3, -0.25) is 0 Å². The monoisotopic (exact) mass is 114 g/mol. The van der Waals surface area contributed by atoms with E-state index in [-0.39, 0.29) is 5.88 Å². The first-order chi connectivity index (χ1) is 3.84. The molecule has 0 aliphatic carbocycles. The Hall–Kier alpha value is -1.19. The van der Waals surface area contributed by atoms with Crippen molar-refractivity contribution in [3.8, 4) is 5.88 Å². The van der Waals surface area contributed by atoms with Gasteiger partial charge >= 0.3 is 0 Å². The number of aromatic hydroxyl groups is 1. The average Bonchev–Trinajstić information content (AvgIpc) is 2.14. The predicted molar refractivity (Wildman–Crippen MR) is 26.4 cm³/mol. The topological polar surface area (TPSA) is 47.3 Å². The van der Waals surface area contributed by atoms with E-state index in [1.807, 2.05) is 0 Å². The lowest BCUT2D eigenvalue weighted by Gasteiger charge is -1.95. The molecule has 8 heavy (non-hydrogen) atoms. The molecule has 0 unspecified atom stereocenters. The van der Waals surface area contributed by atoms with E-state index in [0.29, 0.717) is 0 Å². The van der Waals surface area contributed by atoms with Crippen LogP contribution in [0.1, 0.15) is 0 Å². The van der Waals surface area contributed by atoms with E-state index in [1.165, 1.54) is 19.4 Å². The minimum Gasteiger partial charge on any atom is -0.491 e. The van der Waals surface area contributed by atoms with Gasteiger partial charge in [-0.2, -0.15) is 0 Å². The summed E-state index contributed by atoms with van der Waals surface area (Å²) in [6.07, 6.45) is 1.44. The minimum atomic E-state index is 0.00694. The van der Waals surface area contributed by atoms with Crippen molar-refractivity contribution in [2.24, 2.45) is 0 Å². The van der Waals surface area contributed by atoms with Gasteiger partial charge in [0.25, 0.3) is 0 Å². The second kappa shape index (κ2) is 1.73. The predicted octanol–water partition coefficient (Wildman–Crippen LogP) is -0.353. The molecule has 0 aromatic carbocycles. The molecule has 0 saturated heterocycles. The molecule has 0 saturated carbocycles. The van der Waals surface area contributed by atoms with Gasteiger partial charge in [0.2, 0.25) is 5.88 Å². The van der Waals surface area contributed by atoms with Gasteiger partial charge in [-0.15, -0.1) is 5.10 Å². The molecule has 0 spiro atoms. The molecule has 4 heteroatoms. The van der Waals surface area contributed by atoms with Crippen LogP contribution in [-0.4, -0.2) is 22.2 Å². The van der Waals surface area contributed by atoms with E-state index in [9.17, 15) is 0 Å². The van der Waals surface area contributed by atoms with Crippen molar-refractivity contribution in [1.82, 2.24) is 9.94 Å². The van der Waals surface area contributed by atoms with Gasteiger partial charge < -0.3 is 9.94 Å². The Kier molecular flexibility index (Phi) is 1.07. The lowest BCUT2D eigenvalue weighted by atomic mass is 10.7. The summed E-state index contributed by atoms with van der Waals surface area (Å²) >= 11 is 0. The summed E-state index contributed by atoms with van der Waals surface area (Å²) in [5, 5.41) is 12.3. The third kappa shape index (κ3) is 0.598. The van der Waals surface area contributed by atoms with Crippen LogP contribution in [0.5, 0.6) is 5.88 Å². The summed E-state index contributed by atoms with van der Waals surface area (Å²) in [4.78, 5) is 5.55. The van der Waals surface area contributed by atoms with Crippen molar-refractivity contribution in [3.05, 3.63) is 12.3 Å². The molecule has 0 fully saturated rings. The van der Waals surface area contributed by atoms with Crippen LogP contribution in [0.15, 0.2) is 12.3 Å². The molecule has 1 aromatic heterocycles. The molecule has 4 nitrogen and oxygen atoms in total. The van der Waals surface area contributed by atoms with Crippen LogP contribution in [0.2, 0.25) is 0 Å². The van der Waals surface area contributed by atoms with Crippen molar-refractivity contribution in [1.29, 1.82) is 0 Å². The first kappa shape index (κ1) is 4.96. The fourth-order valence-electron chi connectivity index (χ4n) is 0.424. The van der Waals surface area contributed by atoms with E-state index >= 15 is 0 Å². The molecule has 1 rings (SSSR count). The number of hydrogen-bond acceptors (Lipinski definition) is 3. The first-order valence-corrected chi connectivity index (χ1v) is 2.12. The summed E-state index contributed by atoms with van der Waals surface area (Å²) in [7, 11) is 1.42. The van der Waals surface area contributed by atoms with Crippen molar-refractivity contribution in [2.75, 3.05) is 7.11 Å². The zero-order valence-electron chi connectivity index (χ0n) is 4.40. The van der Waals surface area contributed by atoms with Crippen LogP contribution in [0.25, 0.3) is 0 Å². The highest BCUT2D eigenvalue weighted by Gasteiger charge is 1.93. The SMILES string of the molecule is COn1nccc1O. The largest absolute Gasteiger partial charge is 0.491 e. The Morgan fingerprint density at radius 2 is 2.62 bits per heavy atom. The van der Waals surface area contributed by atoms with Crippen LogP contribution in [0.4, 0.5) is 0 Å². The molecule has 44 valence electrons. The van der Waals surface area contributed by atoms with E-state index in [2.05, 4.69) is 9.94 Å². The standard InChI is InChI=1S/C4H6N2O2/c1-8-6-4(7)2-3-5-6/h2-3,7H,1H3. The van der Waals surface area contributed by atoms with Gasteiger partial charge in [-0.1, -0.05) is 4.85 Å². The van der Waals surface area contributed by atoms with Crippen LogP contribution >= 0.6 is 0 Å². The fraction of sp³-hybridized carbons (Fsp3) is 0.250. The highest BCUT2D eigenvalue weighted by atomic mass is 16.7. The van der Waals surface area contributed by atoms with Gasteiger partial charge in [0.1, 0.15) is 7.11 Å². The Morgan fingerprint density at radius 3 is 2.88 bits per heavy atom. The molecule has 1 heterocycles. The van der Waals surface area contributed by atoms with Crippen molar-refractivity contribution in [2.45, 2.75) is 0 Å². The molecule has 0 bridgehead atoms. The fourth-order valence-corrected chi connectivity index (χ4v) is 0.424. The number of hydrogen-bond donors (Lipinski definition) is 1.